The van der Waals surface area contributed by atoms with E-state index in [1.54, 1.807) is 12.1 Å². The van der Waals surface area contributed by atoms with Crippen LogP contribution < -0.4 is 5.32 Å². The van der Waals surface area contributed by atoms with Crippen molar-refractivity contribution in [3.63, 3.8) is 0 Å². The lowest BCUT2D eigenvalue weighted by molar-refractivity contribution is 0.651. The van der Waals surface area contributed by atoms with Crippen LogP contribution in [0, 0.1) is 0 Å². The van der Waals surface area contributed by atoms with Crippen LogP contribution in [0.3, 0.4) is 0 Å². The topological polar surface area (TPSA) is 29.9 Å². The first-order chi connectivity index (χ1) is 9.11. The van der Waals surface area contributed by atoms with Crippen molar-refractivity contribution in [2.75, 3.05) is 5.32 Å². The Hall–Kier alpha value is -0.900. The summed E-state index contributed by atoms with van der Waals surface area (Å²) in [6.45, 7) is 3.72. The number of hydrogen-bond donors (Lipinski definition) is 1. The molecule has 0 aliphatic heterocycles. The van der Waals surface area contributed by atoms with Crippen molar-refractivity contribution in [1.82, 2.24) is 9.55 Å². The first-order valence-corrected chi connectivity index (χ1v) is 7.12. The summed E-state index contributed by atoms with van der Waals surface area (Å²) in [6.07, 6.45) is 4.74. The molecule has 0 saturated carbocycles. The Morgan fingerprint density at radius 2 is 1.89 bits per heavy atom. The summed E-state index contributed by atoms with van der Waals surface area (Å²) >= 11 is 18.0. The minimum absolute atomic E-state index is 0.452. The maximum Gasteiger partial charge on any atom is 0.0948 e. The molecule has 0 radical (unpaired) electrons. The molecule has 0 unspecified atom stereocenters. The van der Waals surface area contributed by atoms with Gasteiger partial charge in [-0.25, -0.2) is 4.98 Å². The fraction of sp³-hybridized carbons (Fsp3) is 0.308. The number of aromatic nitrogens is 2. The van der Waals surface area contributed by atoms with E-state index in [0.717, 1.165) is 24.3 Å². The zero-order valence-electron chi connectivity index (χ0n) is 10.5. The fourth-order valence-corrected chi connectivity index (χ4v) is 2.40. The Kier molecular flexibility index (Phi) is 4.97. The molecule has 1 aromatic heterocycles. The molecule has 1 heterocycles. The van der Waals surface area contributed by atoms with Gasteiger partial charge in [0.1, 0.15) is 0 Å². The van der Waals surface area contributed by atoms with E-state index in [1.165, 1.54) is 0 Å². The van der Waals surface area contributed by atoms with E-state index < -0.39 is 0 Å². The number of nitrogens with one attached hydrogen (secondary N) is 1. The van der Waals surface area contributed by atoms with Crippen LogP contribution in [-0.4, -0.2) is 9.55 Å². The number of benzene rings is 1. The number of nitrogens with zero attached hydrogens (tertiary/aromatic N) is 2. The second-order valence-electron chi connectivity index (χ2n) is 4.18. The zero-order valence-corrected chi connectivity index (χ0v) is 12.7. The summed E-state index contributed by atoms with van der Waals surface area (Å²) in [5, 5.41) is 4.73. The molecule has 0 aliphatic carbocycles. The Balaban J connectivity index is 2.10. The van der Waals surface area contributed by atoms with Crippen molar-refractivity contribution >= 4 is 40.5 Å². The third kappa shape index (κ3) is 3.56. The summed E-state index contributed by atoms with van der Waals surface area (Å²) in [6, 6.07) is 3.36. The Morgan fingerprint density at radius 3 is 2.63 bits per heavy atom. The predicted molar refractivity (Wildman–Crippen MR) is 81.3 cm³/mol. The summed E-state index contributed by atoms with van der Waals surface area (Å²) in [5.74, 6) is 0. The van der Waals surface area contributed by atoms with Gasteiger partial charge in [0.05, 0.1) is 39.3 Å². The van der Waals surface area contributed by atoms with Gasteiger partial charge in [-0.05, 0) is 18.6 Å². The molecule has 1 N–H and O–H groups in total. The average Bonchev–Trinajstić information content (AvgIpc) is 2.80. The van der Waals surface area contributed by atoms with Gasteiger partial charge in [-0.3, -0.25) is 0 Å². The largest absolute Gasteiger partial charge is 0.378 e. The molecular weight excluding hydrogens is 305 g/mol. The van der Waals surface area contributed by atoms with Crippen LogP contribution >= 0.6 is 34.8 Å². The smallest absolute Gasteiger partial charge is 0.0948 e. The van der Waals surface area contributed by atoms with Crippen molar-refractivity contribution in [3.05, 3.63) is 45.4 Å². The van der Waals surface area contributed by atoms with Gasteiger partial charge >= 0.3 is 0 Å². The molecular formula is C13H14Cl3N3. The van der Waals surface area contributed by atoms with E-state index in [1.807, 2.05) is 12.5 Å². The monoisotopic (exact) mass is 317 g/mol. The Bertz CT molecular complexity index is 566. The number of aryl methyl sites for hydroxylation is 1. The van der Waals surface area contributed by atoms with Gasteiger partial charge in [0.25, 0.3) is 0 Å². The summed E-state index contributed by atoms with van der Waals surface area (Å²) in [4.78, 5) is 4.15. The van der Waals surface area contributed by atoms with E-state index in [0.29, 0.717) is 21.6 Å². The third-order valence-corrected chi connectivity index (χ3v) is 3.77. The molecule has 2 aromatic rings. The molecule has 19 heavy (non-hydrogen) atoms. The van der Waals surface area contributed by atoms with Gasteiger partial charge in [0, 0.05) is 12.7 Å². The molecule has 0 atom stereocenters. The zero-order chi connectivity index (χ0) is 13.8. The number of halogens is 3. The van der Waals surface area contributed by atoms with Crippen LogP contribution in [0.5, 0.6) is 0 Å². The predicted octanol–water partition coefficient (Wildman–Crippen LogP) is 4.87. The van der Waals surface area contributed by atoms with E-state index in [2.05, 4.69) is 21.8 Å². The van der Waals surface area contributed by atoms with Crippen molar-refractivity contribution in [3.8, 4) is 0 Å². The highest BCUT2D eigenvalue weighted by molar-refractivity contribution is 6.44. The van der Waals surface area contributed by atoms with Gasteiger partial charge in [0.15, 0.2) is 0 Å². The molecule has 2 rings (SSSR count). The lowest BCUT2D eigenvalue weighted by Crippen LogP contribution is -2.07. The van der Waals surface area contributed by atoms with Crippen LogP contribution in [-0.2, 0) is 13.1 Å². The van der Waals surface area contributed by atoms with Crippen LogP contribution in [0.15, 0.2) is 24.7 Å². The fourth-order valence-electron chi connectivity index (χ4n) is 1.78. The number of rotatable bonds is 5. The lowest BCUT2D eigenvalue weighted by Gasteiger charge is -2.11. The minimum Gasteiger partial charge on any atom is -0.378 e. The highest BCUT2D eigenvalue weighted by atomic mass is 35.5. The van der Waals surface area contributed by atoms with Gasteiger partial charge in [-0.15, -0.1) is 0 Å². The third-order valence-electron chi connectivity index (χ3n) is 2.73. The maximum absolute atomic E-state index is 6.11. The second kappa shape index (κ2) is 6.51. The number of hydrogen-bond acceptors (Lipinski definition) is 2. The summed E-state index contributed by atoms with van der Waals surface area (Å²) in [7, 11) is 0. The average molecular weight is 319 g/mol. The van der Waals surface area contributed by atoms with Crippen LogP contribution in [0.1, 0.15) is 19.0 Å². The molecule has 0 amide bonds. The van der Waals surface area contributed by atoms with E-state index in [-0.39, 0.29) is 0 Å². The van der Waals surface area contributed by atoms with E-state index >= 15 is 0 Å². The molecule has 1 aromatic carbocycles. The SMILES string of the molecule is CCCn1cncc1CNc1cc(Cl)c(Cl)cc1Cl. The first-order valence-electron chi connectivity index (χ1n) is 5.99. The number of anilines is 1. The first kappa shape index (κ1) is 14.5. The quantitative estimate of drug-likeness (QED) is 0.797. The molecule has 0 bridgehead atoms. The summed E-state index contributed by atoms with van der Waals surface area (Å²) in [5.41, 5.74) is 1.87. The van der Waals surface area contributed by atoms with Crippen molar-refractivity contribution in [1.29, 1.82) is 0 Å². The van der Waals surface area contributed by atoms with Gasteiger partial charge in [-0.1, -0.05) is 41.7 Å². The molecule has 0 spiro atoms. The second-order valence-corrected chi connectivity index (χ2v) is 5.40. The maximum atomic E-state index is 6.11. The van der Waals surface area contributed by atoms with Crippen molar-refractivity contribution in [2.45, 2.75) is 26.4 Å². The number of imidazole rings is 1. The summed E-state index contributed by atoms with van der Waals surface area (Å²) < 4.78 is 2.11. The van der Waals surface area contributed by atoms with Crippen LogP contribution in [0.4, 0.5) is 5.69 Å². The Morgan fingerprint density at radius 1 is 1.16 bits per heavy atom. The Labute approximate surface area is 127 Å². The standard InChI is InChI=1S/C13H14Cl3N3/c1-2-3-19-8-17-6-9(19)7-18-13-5-11(15)10(14)4-12(13)16/h4-6,8,18H,2-3,7H2,1H3. The molecule has 102 valence electrons. The molecule has 0 fully saturated rings. The highest BCUT2D eigenvalue weighted by Crippen LogP contribution is 2.32. The highest BCUT2D eigenvalue weighted by Gasteiger charge is 2.07. The van der Waals surface area contributed by atoms with E-state index in [9.17, 15) is 0 Å². The molecule has 0 saturated heterocycles. The van der Waals surface area contributed by atoms with Crippen LogP contribution in [0.25, 0.3) is 0 Å². The molecule has 6 heteroatoms. The minimum atomic E-state index is 0.452. The van der Waals surface area contributed by atoms with Gasteiger partial charge in [-0.2, -0.15) is 0 Å². The van der Waals surface area contributed by atoms with Gasteiger partial charge in [0.2, 0.25) is 0 Å². The normalized spacial score (nSPS) is 10.7. The van der Waals surface area contributed by atoms with Crippen molar-refractivity contribution in [2.24, 2.45) is 0 Å². The molecule has 0 aliphatic rings. The van der Waals surface area contributed by atoms with Crippen LogP contribution in [0.2, 0.25) is 15.1 Å². The van der Waals surface area contributed by atoms with Gasteiger partial charge < -0.3 is 9.88 Å². The molecule has 3 nitrogen and oxygen atoms in total. The lowest BCUT2D eigenvalue weighted by atomic mass is 10.3. The van der Waals surface area contributed by atoms with E-state index in [4.69, 9.17) is 34.8 Å². The van der Waals surface area contributed by atoms with Crippen molar-refractivity contribution < 1.29 is 0 Å².